The largest absolute Gasteiger partial charge is 0.293 e. The van der Waals surface area contributed by atoms with Gasteiger partial charge in [0.25, 0.3) is 0 Å². The summed E-state index contributed by atoms with van der Waals surface area (Å²) in [6.07, 6.45) is 4.24. The fourth-order valence-electron chi connectivity index (χ4n) is 2.27. The Hall–Kier alpha value is -2.85. The smallest absolute Gasteiger partial charge is 0.249 e. The summed E-state index contributed by atoms with van der Waals surface area (Å²) < 4.78 is 1.64. The number of nitrogens with zero attached hydrogens (tertiary/aromatic N) is 4. The van der Waals surface area contributed by atoms with Gasteiger partial charge in [0.2, 0.25) is 11.9 Å². The number of hydrogen-bond donors (Lipinski definition) is 1. The minimum absolute atomic E-state index is 0.138. The van der Waals surface area contributed by atoms with Crippen LogP contribution in [0.1, 0.15) is 12.8 Å². The molecule has 3 aromatic rings. The van der Waals surface area contributed by atoms with Crippen LogP contribution in [-0.2, 0) is 4.79 Å². The molecule has 0 atom stereocenters. The molecule has 0 spiro atoms. The number of hydrogen-bond acceptors (Lipinski definition) is 5. The number of rotatable bonds is 5. The molecule has 2 aromatic heterocycles. The number of amides is 1. The maximum atomic E-state index is 11.7. The molecule has 0 unspecified atom stereocenters. The van der Waals surface area contributed by atoms with Gasteiger partial charge in [0, 0.05) is 29.5 Å². The summed E-state index contributed by atoms with van der Waals surface area (Å²) >= 11 is 1.69. The third-order valence-corrected chi connectivity index (χ3v) is 4.17. The van der Waals surface area contributed by atoms with Gasteiger partial charge in [-0.15, -0.1) is 16.9 Å². The van der Waals surface area contributed by atoms with Crippen molar-refractivity contribution in [3.63, 3.8) is 0 Å². The van der Waals surface area contributed by atoms with Crippen molar-refractivity contribution in [3.8, 4) is 17.2 Å². The lowest BCUT2D eigenvalue weighted by atomic mass is 10.1. The number of benzene rings is 1. The van der Waals surface area contributed by atoms with Crippen LogP contribution in [0.3, 0.4) is 0 Å². The van der Waals surface area contributed by atoms with Gasteiger partial charge < -0.3 is 0 Å². The van der Waals surface area contributed by atoms with Gasteiger partial charge in [0.15, 0.2) is 5.65 Å². The number of pyridine rings is 1. The Balaban J connectivity index is 1.86. The molecule has 120 valence electrons. The molecule has 1 N–H and O–H groups in total. The number of thioether (sulfide) groups is 1. The van der Waals surface area contributed by atoms with E-state index in [9.17, 15) is 4.79 Å². The van der Waals surface area contributed by atoms with Gasteiger partial charge in [0.05, 0.1) is 6.07 Å². The summed E-state index contributed by atoms with van der Waals surface area (Å²) in [7, 11) is 0. The monoisotopic (exact) mass is 337 g/mol. The Kier molecular flexibility index (Phi) is 4.77. The van der Waals surface area contributed by atoms with Gasteiger partial charge in [0.1, 0.15) is 0 Å². The van der Waals surface area contributed by atoms with E-state index in [1.54, 1.807) is 16.3 Å². The standard InChI is InChI=1S/C17H15N5OS/c1-24-14-5-2-4-12(10-14)13-7-8-15-19-17(21-22(15)11-13)20-16(23)6-3-9-18/h2,4-5,7-8,10-11H,3,6H2,1H3,(H,20,21,23). The lowest BCUT2D eigenvalue weighted by molar-refractivity contribution is -0.116. The van der Waals surface area contributed by atoms with Crippen LogP contribution < -0.4 is 5.32 Å². The van der Waals surface area contributed by atoms with Crippen molar-refractivity contribution >= 4 is 29.3 Å². The van der Waals surface area contributed by atoms with Crippen LogP contribution in [-0.4, -0.2) is 26.8 Å². The van der Waals surface area contributed by atoms with E-state index < -0.39 is 0 Å². The van der Waals surface area contributed by atoms with E-state index in [1.165, 1.54) is 4.90 Å². The first-order valence-corrected chi connectivity index (χ1v) is 8.60. The minimum atomic E-state index is -0.264. The molecule has 0 saturated heterocycles. The van der Waals surface area contributed by atoms with Gasteiger partial charge in [-0.2, -0.15) is 10.2 Å². The van der Waals surface area contributed by atoms with E-state index in [-0.39, 0.29) is 24.7 Å². The van der Waals surface area contributed by atoms with Crippen LogP contribution in [0.5, 0.6) is 0 Å². The molecule has 0 fully saturated rings. The molecule has 1 aromatic carbocycles. The summed E-state index contributed by atoms with van der Waals surface area (Å²) in [6.45, 7) is 0. The Morgan fingerprint density at radius 2 is 2.21 bits per heavy atom. The average molecular weight is 337 g/mol. The molecule has 2 heterocycles. The first-order valence-electron chi connectivity index (χ1n) is 7.37. The molecule has 0 saturated carbocycles. The normalized spacial score (nSPS) is 10.5. The van der Waals surface area contributed by atoms with Gasteiger partial charge in [-0.05, 0) is 36.1 Å². The maximum absolute atomic E-state index is 11.7. The lowest BCUT2D eigenvalue weighted by Gasteiger charge is -2.04. The minimum Gasteiger partial charge on any atom is -0.293 e. The zero-order valence-electron chi connectivity index (χ0n) is 13.1. The van der Waals surface area contributed by atoms with E-state index in [2.05, 4.69) is 27.5 Å². The number of carbonyl (C=O) groups is 1. The van der Waals surface area contributed by atoms with E-state index in [1.807, 2.05) is 42.8 Å². The van der Waals surface area contributed by atoms with Crippen molar-refractivity contribution in [1.82, 2.24) is 14.6 Å². The molecular formula is C17H15N5OS. The number of anilines is 1. The van der Waals surface area contributed by atoms with Crippen molar-refractivity contribution in [2.75, 3.05) is 11.6 Å². The first kappa shape index (κ1) is 16.0. The summed E-state index contributed by atoms with van der Waals surface area (Å²) in [5, 5.41) is 15.4. The molecule has 0 aliphatic heterocycles. The van der Waals surface area contributed by atoms with Crippen LogP contribution in [0.2, 0.25) is 0 Å². The summed E-state index contributed by atoms with van der Waals surface area (Å²) in [6, 6.07) is 14.0. The SMILES string of the molecule is CSc1cccc(-c2ccc3nc(NC(=O)CCC#N)nn3c2)c1. The Morgan fingerprint density at radius 3 is 3.00 bits per heavy atom. The Labute approximate surface area is 143 Å². The van der Waals surface area contributed by atoms with E-state index in [0.29, 0.717) is 5.65 Å². The molecule has 3 rings (SSSR count). The highest BCUT2D eigenvalue weighted by Gasteiger charge is 2.09. The van der Waals surface area contributed by atoms with E-state index in [4.69, 9.17) is 5.26 Å². The third-order valence-electron chi connectivity index (χ3n) is 3.45. The molecule has 7 heteroatoms. The second-order valence-corrected chi connectivity index (χ2v) is 5.97. The van der Waals surface area contributed by atoms with Crippen molar-refractivity contribution in [3.05, 3.63) is 42.6 Å². The summed E-state index contributed by atoms with van der Waals surface area (Å²) in [5.41, 5.74) is 2.76. The Bertz CT molecular complexity index is 928. The van der Waals surface area contributed by atoms with Crippen LogP contribution >= 0.6 is 11.8 Å². The molecule has 24 heavy (non-hydrogen) atoms. The highest BCUT2D eigenvalue weighted by molar-refractivity contribution is 7.98. The van der Waals surface area contributed by atoms with Gasteiger partial charge in [-0.3, -0.25) is 10.1 Å². The fourth-order valence-corrected chi connectivity index (χ4v) is 2.73. The molecule has 0 aliphatic carbocycles. The highest BCUT2D eigenvalue weighted by Crippen LogP contribution is 2.24. The first-order chi connectivity index (χ1) is 11.7. The Morgan fingerprint density at radius 1 is 1.33 bits per heavy atom. The zero-order chi connectivity index (χ0) is 16.9. The van der Waals surface area contributed by atoms with Crippen LogP contribution in [0.4, 0.5) is 5.95 Å². The quantitative estimate of drug-likeness (QED) is 0.722. The van der Waals surface area contributed by atoms with Crippen molar-refractivity contribution < 1.29 is 4.79 Å². The summed E-state index contributed by atoms with van der Waals surface area (Å²) in [5.74, 6) is -0.0201. The predicted octanol–water partition coefficient (Wildman–Crippen LogP) is 3.36. The zero-order valence-corrected chi connectivity index (χ0v) is 13.9. The van der Waals surface area contributed by atoms with Crippen LogP contribution in [0.15, 0.2) is 47.5 Å². The molecule has 6 nitrogen and oxygen atoms in total. The van der Waals surface area contributed by atoms with Crippen molar-refractivity contribution in [2.24, 2.45) is 0 Å². The average Bonchev–Trinajstić information content (AvgIpc) is 3.01. The fraction of sp³-hybridized carbons (Fsp3) is 0.176. The van der Waals surface area contributed by atoms with Gasteiger partial charge in [-0.25, -0.2) is 4.52 Å². The second kappa shape index (κ2) is 7.15. The number of nitrogens with one attached hydrogen (secondary N) is 1. The van der Waals surface area contributed by atoms with Crippen LogP contribution in [0.25, 0.3) is 16.8 Å². The molecule has 0 aliphatic rings. The van der Waals surface area contributed by atoms with Gasteiger partial charge in [-0.1, -0.05) is 12.1 Å². The molecule has 0 radical (unpaired) electrons. The van der Waals surface area contributed by atoms with E-state index in [0.717, 1.165) is 11.1 Å². The maximum Gasteiger partial charge on any atom is 0.249 e. The number of nitriles is 1. The number of carbonyl (C=O) groups excluding carboxylic acids is 1. The molecule has 0 bridgehead atoms. The highest BCUT2D eigenvalue weighted by atomic mass is 32.2. The lowest BCUT2D eigenvalue weighted by Crippen LogP contribution is -2.12. The molecule has 1 amide bonds. The summed E-state index contributed by atoms with van der Waals surface area (Å²) in [4.78, 5) is 17.1. The van der Waals surface area contributed by atoms with Crippen LogP contribution in [0, 0.1) is 11.3 Å². The topological polar surface area (TPSA) is 83.1 Å². The second-order valence-electron chi connectivity index (χ2n) is 5.09. The number of fused-ring (bicyclic) bond motifs is 1. The van der Waals surface area contributed by atoms with Crippen molar-refractivity contribution in [1.29, 1.82) is 5.26 Å². The van der Waals surface area contributed by atoms with Gasteiger partial charge >= 0.3 is 0 Å². The predicted molar refractivity (Wildman–Crippen MR) is 93.7 cm³/mol. The molecular weight excluding hydrogens is 322 g/mol. The van der Waals surface area contributed by atoms with E-state index >= 15 is 0 Å². The third kappa shape index (κ3) is 3.55. The van der Waals surface area contributed by atoms with Crippen molar-refractivity contribution in [2.45, 2.75) is 17.7 Å². The number of aromatic nitrogens is 3.